The number of amides is 1. The van der Waals surface area contributed by atoms with Gasteiger partial charge in [0, 0.05) is 11.8 Å². The zero-order valence-corrected chi connectivity index (χ0v) is 11.9. The number of rotatable bonds is 4. The summed E-state index contributed by atoms with van der Waals surface area (Å²) in [6.07, 6.45) is 1.36. The Labute approximate surface area is 118 Å². The fraction of sp³-hybridized carbons (Fsp3) is 0.133. The van der Waals surface area contributed by atoms with Gasteiger partial charge in [-0.1, -0.05) is 42.5 Å². The third-order valence-corrected chi connectivity index (χ3v) is 4.08. The third-order valence-electron chi connectivity index (χ3n) is 2.93. The number of sulfone groups is 1. The normalized spacial score (nSPS) is 11.2. The van der Waals surface area contributed by atoms with Gasteiger partial charge in [-0.15, -0.1) is 0 Å². The molecule has 0 aliphatic heterocycles. The molecule has 2 aromatic carbocycles. The molecular weight excluding hydrogens is 274 g/mol. The summed E-state index contributed by atoms with van der Waals surface area (Å²) in [6.45, 7) is 0. The van der Waals surface area contributed by atoms with Gasteiger partial charge in [0.1, 0.15) is 0 Å². The van der Waals surface area contributed by atoms with Crippen molar-refractivity contribution in [2.75, 3.05) is 6.26 Å². The Hall–Kier alpha value is -2.14. The summed E-state index contributed by atoms with van der Waals surface area (Å²) >= 11 is 0. The Balaban J connectivity index is 2.45. The van der Waals surface area contributed by atoms with Crippen molar-refractivity contribution in [3.05, 3.63) is 54.1 Å². The highest BCUT2D eigenvalue weighted by atomic mass is 32.2. The highest BCUT2D eigenvalue weighted by Gasteiger charge is 2.13. The Morgan fingerprint density at radius 2 is 1.65 bits per heavy atom. The van der Waals surface area contributed by atoms with Crippen LogP contribution in [0.3, 0.4) is 0 Å². The molecule has 0 aliphatic rings. The van der Waals surface area contributed by atoms with Crippen LogP contribution in [0, 0.1) is 0 Å². The van der Waals surface area contributed by atoms with Crippen molar-refractivity contribution >= 4 is 15.7 Å². The van der Waals surface area contributed by atoms with E-state index < -0.39 is 15.7 Å². The Kier molecular flexibility index (Phi) is 3.90. The summed E-state index contributed by atoms with van der Waals surface area (Å²) in [4.78, 5) is 11.1. The van der Waals surface area contributed by atoms with E-state index in [0.29, 0.717) is 10.5 Å². The van der Waals surface area contributed by atoms with Crippen molar-refractivity contribution in [3.8, 4) is 11.1 Å². The predicted octanol–water partition coefficient (Wildman–Crippen LogP) is 1.78. The van der Waals surface area contributed by atoms with E-state index >= 15 is 0 Å². The first-order chi connectivity index (χ1) is 9.38. The van der Waals surface area contributed by atoms with E-state index in [-0.39, 0.29) is 6.42 Å². The van der Waals surface area contributed by atoms with Gasteiger partial charge in [0.25, 0.3) is 0 Å². The van der Waals surface area contributed by atoms with E-state index in [1.54, 1.807) is 48.5 Å². The molecule has 0 saturated carbocycles. The zero-order valence-electron chi connectivity index (χ0n) is 11.0. The average molecular weight is 289 g/mol. The van der Waals surface area contributed by atoms with Crippen LogP contribution in [0.15, 0.2) is 53.4 Å². The third kappa shape index (κ3) is 3.24. The molecule has 0 aromatic heterocycles. The topological polar surface area (TPSA) is 77.2 Å². The largest absolute Gasteiger partial charge is 0.369 e. The SMILES string of the molecule is CS(=O)(=O)c1ccccc1-c1ccc(CC(N)=O)cc1. The van der Waals surface area contributed by atoms with E-state index in [1.165, 1.54) is 6.26 Å². The molecule has 2 rings (SSSR count). The molecule has 2 aromatic rings. The molecule has 0 fully saturated rings. The molecule has 1 amide bonds. The smallest absolute Gasteiger partial charge is 0.221 e. The van der Waals surface area contributed by atoms with Crippen LogP contribution in [-0.4, -0.2) is 20.6 Å². The maximum Gasteiger partial charge on any atom is 0.221 e. The molecule has 104 valence electrons. The second-order valence-corrected chi connectivity index (χ2v) is 6.59. The lowest BCUT2D eigenvalue weighted by atomic mass is 10.0. The first kappa shape index (κ1) is 14.3. The molecule has 0 saturated heterocycles. The van der Waals surface area contributed by atoms with Crippen LogP contribution >= 0.6 is 0 Å². The molecule has 2 N–H and O–H groups in total. The number of primary amides is 1. The summed E-state index contributed by atoms with van der Waals surface area (Å²) in [5.74, 6) is -0.394. The van der Waals surface area contributed by atoms with Crippen LogP contribution in [0.25, 0.3) is 11.1 Å². The number of hydrogen-bond donors (Lipinski definition) is 1. The second-order valence-electron chi connectivity index (χ2n) is 4.61. The number of benzene rings is 2. The van der Waals surface area contributed by atoms with Crippen molar-refractivity contribution in [2.24, 2.45) is 5.73 Å². The van der Waals surface area contributed by atoms with Crippen LogP contribution in [-0.2, 0) is 21.1 Å². The summed E-state index contributed by atoms with van der Waals surface area (Å²) in [6, 6.07) is 14.0. The summed E-state index contributed by atoms with van der Waals surface area (Å²) in [7, 11) is -3.28. The Morgan fingerprint density at radius 1 is 1.05 bits per heavy atom. The number of carbonyl (C=O) groups excluding carboxylic acids is 1. The van der Waals surface area contributed by atoms with Crippen molar-refractivity contribution in [3.63, 3.8) is 0 Å². The number of hydrogen-bond acceptors (Lipinski definition) is 3. The minimum atomic E-state index is -3.28. The quantitative estimate of drug-likeness (QED) is 0.932. The van der Waals surface area contributed by atoms with Gasteiger partial charge in [-0.3, -0.25) is 4.79 Å². The minimum absolute atomic E-state index is 0.175. The highest BCUT2D eigenvalue weighted by molar-refractivity contribution is 7.90. The lowest BCUT2D eigenvalue weighted by molar-refractivity contribution is -0.117. The maximum atomic E-state index is 11.8. The van der Waals surface area contributed by atoms with Crippen LogP contribution in [0.2, 0.25) is 0 Å². The van der Waals surface area contributed by atoms with Crippen molar-refractivity contribution < 1.29 is 13.2 Å². The van der Waals surface area contributed by atoms with Crippen molar-refractivity contribution in [1.82, 2.24) is 0 Å². The molecule has 0 unspecified atom stereocenters. The van der Waals surface area contributed by atoms with Gasteiger partial charge in [0.05, 0.1) is 11.3 Å². The second kappa shape index (κ2) is 5.46. The molecular formula is C15H15NO3S. The molecule has 0 bridgehead atoms. The molecule has 5 heteroatoms. The Bertz CT molecular complexity index is 734. The lowest BCUT2D eigenvalue weighted by Gasteiger charge is -2.08. The summed E-state index contributed by atoms with van der Waals surface area (Å²) in [5.41, 5.74) is 7.38. The average Bonchev–Trinajstić information content (AvgIpc) is 2.38. The Morgan fingerprint density at radius 3 is 2.20 bits per heavy atom. The van der Waals surface area contributed by atoms with E-state index in [4.69, 9.17) is 5.73 Å². The fourth-order valence-electron chi connectivity index (χ4n) is 2.03. The monoisotopic (exact) mass is 289 g/mol. The molecule has 20 heavy (non-hydrogen) atoms. The van der Waals surface area contributed by atoms with Gasteiger partial charge in [0.15, 0.2) is 9.84 Å². The van der Waals surface area contributed by atoms with Gasteiger partial charge in [-0.25, -0.2) is 8.42 Å². The zero-order chi connectivity index (χ0) is 14.8. The van der Waals surface area contributed by atoms with Crippen LogP contribution in [0.5, 0.6) is 0 Å². The van der Waals surface area contributed by atoms with Crippen molar-refractivity contribution in [1.29, 1.82) is 0 Å². The van der Waals surface area contributed by atoms with E-state index in [2.05, 4.69) is 0 Å². The summed E-state index contributed by atoms with van der Waals surface area (Å²) in [5, 5.41) is 0. The van der Waals surface area contributed by atoms with Gasteiger partial charge < -0.3 is 5.73 Å². The van der Waals surface area contributed by atoms with Crippen molar-refractivity contribution in [2.45, 2.75) is 11.3 Å². The van der Waals surface area contributed by atoms with Crippen LogP contribution in [0.4, 0.5) is 0 Å². The van der Waals surface area contributed by atoms with Gasteiger partial charge in [0.2, 0.25) is 5.91 Å². The maximum absolute atomic E-state index is 11.8. The number of carbonyl (C=O) groups is 1. The van der Waals surface area contributed by atoms with E-state index in [9.17, 15) is 13.2 Å². The molecule has 0 aliphatic carbocycles. The molecule has 0 radical (unpaired) electrons. The molecule has 0 heterocycles. The molecule has 4 nitrogen and oxygen atoms in total. The van der Waals surface area contributed by atoms with Gasteiger partial charge in [-0.2, -0.15) is 0 Å². The van der Waals surface area contributed by atoms with E-state index in [1.807, 2.05) is 0 Å². The van der Waals surface area contributed by atoms with Crippen LogP contribution < -0.4 is 5.73 Å². The predicted molar refractivity (Wildman–Crippen MR) is 77.9 cm³/mol. The first-order valence-corrected chi connectivity index (χ1v) is 7.94. The van der Waals surface area contributed by atoms with Crippen LogP contribution in [0.1, 0.15) is 5.56 Å². The first-order valence-electron chi connectivity index (χ1n) is 6.04. The van der Waals surface area contributed by atoms with Gasteiger partial charge in [-0.05, 0) is 17.2 Å². The highest BCUT2D eigenvalue weighted by Crippen LogP contribution is 2.27. The standard InChI is InChI=1S/C15H15NO3S/c1-20(18,19)14-5-3-2-4-13(14)12-8-6-11(7-9-12)10-15(16)17/h2-9H,10H2,1H3,(H2,16,17). The fourth-order valence-corrected chi connectivity index (χ4v) is 2.94. The summed E-state index contributed by atoms with van der Waals surface area (Å²) < 4.78 is 23.6. The number of nitrogens with two attached hydrogens (primary N) is 1. The van der Waals surface area contributed by atoms with E-state index in [0.717, 1.165) is 11.1 Å². The molecule has 0 atom stereocenters. The molecule has 0 spiro atoms. The van der Waals surface area contributed by atoms with Gasteiger partial charge >= 0.3 is 0 Å². The lowest BCUT2D eigenvalue weighted by Crippen LogP contribution is -2.13. The minimum Gasteiger partial charge on any atom is -0.369 e.